The van der Waals surface area contributed by atoms with E-state index in [1.54, 1.807) is 17.8 Å². The summed E-state index contributed by atoms with van der Waals surface area (Å²) in [4.78, 5) is 19.8. The van der Waals surface area contributed by atoms with E-state index >= 15 is 0 Å². The van der Waals surface area contributed by atoms with Crippen molar-refractivity contribution in [3.8, 4) is 16.8 Å². The van der Waals surface area contributed by atoms with Gasteiger partial charge in [-0.15, -0.1) is 0 Å². The van der Waals surface area contributed by atoms with Crippen molar-refractivity contribution in [3.63, 3.8) is 0 Å². The molecular formula is C28H25FN6O2. The highest BCUT2D eigenvalue weighted by atomic mass is 19.1. The van der Waals surface area contributed by atoms with Crippen molar-refractivity contribution >= 4 is 28.2 Å². The molecule has 0 aliphatic carbocycles. The maximum Gasteiger partial charge on any atom is 0.293 e. The molecule has 6 rings (SSSR count). The molecule has 1 fully saturated rings. The summed E-state index contributed by atoms with van der Waals surface area (Å²) in [6.45, 7) is 0.996. The first-order valence-corrected chi connectivity index (χ1v) is 12.0. The van der Waals surface area contributed by atoms with Crippen LogP contribution >= 0.6 is 0 Å². The Bertz CT molecular complexity index is 1630. The van der Waals surface area contributed by atoms with E-state index in [9.17, 15) is 9.18 Å². The number of nitrogens with zero attached hydrogens (tertiary/aromatic N) is 5. The smallest absolute Gasteiger partial charge is 0.293 e. The van der Waals surface area contributed by atoms with Gasteiger partial charge in [-0.05, 0) is 42.0 Å². The van der Waals surface area contributed by atoms with Gasteiger partial charge in [0.15, 0.2) is 5.82 Å². The van der Waals surface area contributed by atoms with Crippen LogP contribution in [0.3, 0.4) is 0 Å². The van der Waals surface area contributed by atoms with Gasteiger partial charge in [0.25, 0.3) is 5.56 Å². The molecule has 1 N–H and O–H groups in total. The van der Waals surface area contributed by atoms with Crippen LogP contribution in [0, 0.1) is 0 Å². The van der Waals surface area contributed by atoms with Crippen molar-refractivity contribution in [1.82, 2.24) is 19.3 Å². The number of aromatic nitrogens is 4. The van der Waals surface area contributed by atoms with Gasteiger partial charge in [-0.25, -0.2) is 14.1 Å². The molecule has 2 aromatic heterocycles. The minimum atomic E-state index is -1.34. The summed E-state index contributed by atoms with van der Waals surface area (Å²) >= 11 is 0. The lowest BCUT2D eigenvalue weighted by atomic mass is 10.1. The Morgan fingerprint density at radius 1 is 1.03 bits per heavy atom. The van der Waals surface area contributed by atoms with Gasteiger partial charge in [-0.3, -0.25) is 4.79 Å². The fraction of sp³-hybridized carbons (Fsp3) is 0.179. The standard InChI is InChI=1S/C28H25FN6O2/c1-33-25-15-19(20-16-30-35(17-20)21-7-3-2-4-8-21)11-12-23(25)32-27(28(33)36)31-22-9-5-6-10-24(22)34-13-14-37-26(29)18-34/h2-12,15-17,26H,13-14,18H2,1H3,(H,31,32). The summed E-state index contributed by atoms with van der Waals surface area (Å²) in [5.74, 6) is 0.206. The highest BCUT2D eigenvalue weighted by Crippen LogP contribution is 2.30. The Morgan fingerprint density at radius 2 is 1.84 bits per heavy atom. The number of ether oxygens (including phenoxy) is 1. The Labute approximate surface area is 212 Å². The number of benzene rings is 3. The van der Waals surface area contributed by atoms with Crippen LogP contribution in [0.4, 0.5) is 21.6 Å². The van der Waals surface area contributed by atoms with Crippen LogP contribution in [0.5, 0.6) is 0 Å². The number of hydrogen-bond donors (Lipinski definition) is 1. The molecule has 0 amide bonds. The molecule has 0 saturated carbocycles. The molecule has 8 nitrogen and oxygen atoms in total. The second kappa shape index (κ2) is 9.51. The van der Waals surface area contributed by atoms with Gasteiger partial charge in [-0.2, -0.15) is 5.10 Å². The van der Waals surface area contributed by atoms with E-state index in [1.165, 1.54) is 0 Å². The van der Waals surface area contributed by atoms with E-state index < -0.39 is 6.36 Å². The molecule has 3 aromatic carbocycles. The highest BCUT2D eigenvalue weighted by molar-refractivity contribution is 5.83. The van der Waals surface area contributed by atoms with Crippen LogP contribution in [0.15, 0.2) is 90.0 Å². The topological polar surface area (TPSA) is 77.2 Å². The summed E-state index contributed by atoms with van der Waals surface area (Å²) in [6, 6.07) is 23.2. The van der Waals surface area contributed by atoms with Gasteiger partial charge in [-0.1, -0.05) is 36.4 Å². The summed E-state index contributed by atoms with van der Waals surface area (Å²) in [5.41, 5.74) is 5.45. The zero-order chi connectivity index (χ0) is 25.4. The predicted octanol–water partition coefficient (Wildman–Crippen LogP) is 4.66. The van der Waals surface area contributed by atoms with Gasteiger partial charge in [0.05, 0.1) is 47.4 Å². The molecule has 5 aromatic rings. The SMILES string of the molecule is Cn1c(=O)c(Nc2ccccc2N2CCOC(F)C2)nc2ccc(-c3cnn(-c4ccccc4)c3)cc21. The number of nitrogens with one attached hydrogen (secondary N) is 1. The Kier molecular flexibility index (Phi) is 5.90. The Hall–Kier alpha value is -4.50. The van der Waals surface area contributed by atoms with Crippen molar-refractivity contribution in [2.75, 3.05) is 29.9 Å². The van der Waals surface area contributed by atoms with E-state index in [2.05, 4.69) is 15.4 Å². The van der Waals surface area contributed by atoms with E-state index in [0.717, 1.165) is 22.5 Å². The maximum atomic E-state index is 13.9. The molecule has 3 heterocycles. The number of aryl methyl sites for hydroxylation is 1. The van der Waals surface area contributed by atoms with Crippen molar-refractivity contribution in [2.24, 2.45) is 7.05 Å². The molecule has 9 heteroatoms. The van der Waals surface area contributed by atoms with Crippen molar-refractivity contribution in [3.05, 3.63) is 95.5 Å². The lowest BCUT2D eigenvalue weighted by Crippen LogP contribution is -2.40. The minimum Gasteiger partial charge on any atom is -0.362 e. The first kappa shape index (κ1) is 22.9. The van der Waals surface area contributed by atoms with Gasteiger partial charge in [0.2, 0.25) is 6.36 Å². The molecule has 37 heavy (non-hydrogen) atoms. The van der Waals surface area contributed by atoms with Crippen LogP contribution in [0.25, 0.3) is 27.8 Å². The largest absolute Gasteiger partial charge is 0.362 e. The minimum absolute atomic E-state index is 0.130. The average molecular weight is 497 g/mol. The van der Waals surface area contributed by atoms with Crippen LogP contribution in [0.1, 0.15) is 0 Å². The van der Waals surface area contributed by atoms with Crippen LogP contribution in [-0.2, 0) is 11.8 Å². The van der Waals surface area contributed by atoms with Crippen molar-refractivity contribution in [2.45, 2.75) is 6.36 Å². The third-order valence-electron chi connectivity index (χ3n) is 6.53. The molecule has 1 atom stereocenters. The fourth-order valence-corrected chi connectivity index (χ4v) is 4.59. The number of hydrogen-bond acceptors (Lipinski definition) is 6. The highest BCUT2D eigenvalue weighted by Gasteiger charge is 2.22. The number of alkyl halides is 1. The monoisotopic (exact) mass is 496 g/mol. The molecule has 0 radical (unpaired) electrons. The number of rotatable bonds is 5. The summed E-state index contributed by atoms with van der Waals surface area (Å²) < 4.78 is 22.3. The third-order valence-corrected chi connectivity index (χ3v) is 6.53. The maximum absolute atomic E-state index is 13.9. The van der Waals surface area contributed by atoms with Crippen LogP contribution in [0.2, 0.25) is 0 Å². The normalized spacial score (nSPS) is 15.7. The first-order chi connectivity index (χ1) is 18.1. The van der Waals surface area contributed by atoms with E-state index in [0.29, 0.717) is 29.9 Å². The molecule has 1 aliphatic heterocycles. The lowest BCUT2D eigenvalue weighted by Gasteiger charge is -2.32. The number of morpholine rings is 1. The molecule has 0 spiro atoms. The van der Waals surface area contributed by atoms with Crippen molar-refractivity contribution in [1.29, 1.82) is 0 Å². The number of fused-ring (bicyclic) bond motifs is 1. The molecule has 1 unspecified atom stereocenters. The number of anilines is 3. The van der Waals surface area contributed by atoms with Gasteiger partial charge >= 0.3 is 0 Å². The van der Waals surface area contributed by atoms with Crippen molar-refractivity contribution < 1.29 is 9.13 Å². The van der Waals surface area contributed by atoms with Gasteiger partial charge in [0, 0.05) is 25.4 Å². The second-order valence-corrected chi connectivity index (χ2v) is 8.91. The zero-order valence-corrected chi connectivity index (χ0v) is 20.2. The van der Waals surface area contributed by atoms with E-state index in [1.807, 2.05) is 88.6 Å². The Morgan fingerprint density at radius 3 is 2.68 bits per heavy atom. The number of halogens is 1. The van der Waals surface area contributed by atoms with Gasteiger partial charge in [0.1, 0.15) is 0 Å². The van der Waals surface area contributed by atoms with E-state index in [-0.39, 0.29) is 17.9 Å². The van der Waals surface area contributed by atoms with Gasteiger partial charge < -0.3 is 19.5 Å². The molecular weight excluding hydrogens is 471 g/mol. The summed E-state index contributed by atoms with van der Waals surface area (Å²) in [6.07, 6.45) is 2.42. The van der Waals surface area contributed by atoms with Crippen LogP contribution in [-0.4, -0.2) is 45.4 Å². The van der Waals surface area contributed by atoms with Crippen LogP contribution < -0.4 is 15.8 Å². The lowest BCUT2D eigenvalue weighted by molar-refractivity contribution is -0.0464. The second-order valence-electron chi connectivity index (χ2n) is 8.91. The first-order valence-electron chi connectivity index (χ1n) is 12.0. The quantitative estimate of drug-likeness (QED) is 0.381. The Balaban J connectivity index is 1.33. The predicted molar refractivity (Wildman–Crippen MR) is 142 cm³/mol. The molecule has 1 saturated heterocycles. The molecule has 0 bridgehead atoms. The average Bonchev–Trinajstić information content (AvgIpc) is 3.43. The summed E-state index contributed by atoms with van der Waals surface area (Å²) in [7, 11) is 1.73. The third kappa shape index (κ3) is 4.45. The van der Waals surface area contributed by atoms with E-state index in [4.69, 9.17) is 4.74 Å². The zero-order valence-electron chi connectivity index (χ0n) is 20.2. The fourth-order valence-electron chi connectivity index (χ4n) is 4.59. The number of para-hydroxylation sites is 3. The summed E-state index contributed by atoms with van der Waals surface area (Å²) in [5, 5.41) is 7.67. The molecule has 1 aliphatic rings. The molecule has 186 valence electrons.